The molecule has 0 aliphatic heterocycles. The largest absolute Gasteiger partial charge is 0.496 e. The maximum Gasteiger partial charge on any atom is 0.255 e. The molecule has 0 radical (unpaired) electrons. The van der Waals surface area contributed by atoms with Crippen molar-refractivity contribution in [3.63, 3.8) is 0 Å². The van der Waals surface area contributed by atoms with Gasteiger partial charge in [-0.05, 0) is 24.7 Å². The predicted molar refractivity (Wildman–Crippen MR) is 96.7 cm³/mol. The molecule has 22 heavy (non-hydrogen) atoms. The molecule has 0 spiro atoms. The third-order valence-corrected chi connectivity index (χ3v) is 5.37. The van der Waals surface area contributed by atoms with Gasteiger partial charge in [-0.1, -0.05) is 24.9 Å². The first-order valence-corrected chi connectivity index (χ1v) is 8.55. The number of nitrogens with one attached hydrogen (secondary N) is 1. The number of methoxy groups -OCH3 is 1. The van der Waals surface area contributed by atoms with Crippen LogP contribution in [0.25, 0.3) is 0 Å². The third kappa shape index (κ3) is 4.37. The number of hydrogen-bond acceptors (Lipinski definition) is 4. The van der Waals surface area contributed by atoms with Gasteiger partial charge in [0, 0.05) is 17.4 Å². The second-order valence-electron chi connectivity index (χ2n) is 5.08. The quantitative estimate of drug-likeness (QED) is 0.780. The van der Waals surface area contributed by atoms with Crippen molar-refractivity contribution >= 4 is 47.4 Å². The van der Waals surface area contributed by atoms with E-state index in [0.717, 1.165) is 25.0 Å². The number of hydrogen-bond donors (Lipinski definition) is 2. The van der Waals surface area contributed by atoms with Crippen LogP contribution in [0.15, 0.2) is 12.1 Å². The smallest absolute Gasteiger partial charge is 0.255 e. The highest BCUT2D eigenvalue weighted by Crippen LogP contribution is 2.32. The van der Waals surface area contributed by atoms with E-state index in [0.29, 0.717) is 27.3 Å². The summed E-state index contributed by atoms with van der Waals surface area (Å²) in [5.41, 5.74) is 6.59. The Kier molecular flexibility index (Phi) is 7.66. The molecular weight excluding hydrogens is 343 g/mol. The minimum Gasteiger partial charge on any atom is -0.496 e. The molecule has 4 nitrogen and oxygen atoms in total. The Morgan fingerprint density at radius 1 is 1.50 bits per heavy atom. The lowest BCUT2D eigenvalue weighted by Crippen LogP contribution is -2.39. The minimum absolute atomic E-state index is 0. The van der Waals surface area contributed by atoms with Crippen molar-refractivity contribution < 1.29 is 9.53 Å². The number of carbonyl (C=O) groups excluding carboxylic acids is 1. The van der Waals surface area contributed by atoms with Gasteiger partial charge in [0.1, 0.15) is 5.75 Å². The van der Waals surface area contributed by atoms with Crippen LogP contribution in [0.5, 0.6) is 5.75 Å². The van der Waals surface area contributed by atoms with Gasteiger partial charge in [-0.3, -0.25) is 4.79 Å². The van der Waals surface area contributed by atoms with E-state index >= 15 is 0 Å². The van der Waals surface area contributed by atoms with E-state index in [2.05, 4.69) is 12.2 Å². The topological polar surface area (TPSA) is 64.4 Å². The van der Waals surface area contributed by atoms with E-state index in [1.165, 1.54) is 7.11 Å². The van der Waals surface area contributed by atoms with Gasteiger partial charge in [0.05, 0.1) is 23.4 Å². The summed E-state index contributed by atoms with van der Waals surface area (Å²) in [5, 5.41) is 3.97. The Morgan fingerprint density at radius 2 is 2.23 bits per heavy atom. The summed E-state index contributed by atoms with van der Waals surface area (Å²) in [7, 11) is 1.52. The molecule has 1 fully saturated rings. The van der Waals surface area contributed by atoms with Gasteiger partial charge in [-0.25, -0.2) is 0 Å². The second-order valence-corrected chi connectivity index (χ2v) is 7.00. The van der Waals surface area contributed by atoms with Crippen LogP contribution in [0, 0.1) is 0 Å². The molecular formula is C15H22Cl2N2O2S. The van der Waals surface area contributed by atoms with E-state index in [1.807, 2.05) is 11.8 Å². The van der Waals surface area contributed by atoms with Crippen LogP contribution < -0.4 is 15.8 Å². The van der Waals surface area contributed by atoms with Crippen LogP contribution in [0.2, 0.25) is 5.02 Å². The van der Waals surface area contributed by atoms with Crippen molar-refractivity contribution in [3.8, 4) is 5.75 Å². The molecule has 1 aromatic carbocycles. The first kappa shape index (κ1) is 19.3. The number of nitrogens with two attached hydrogens (primary N) is 1. The molecule has 1 saturated carbocycles. The van der Waals surface area contributed by atoms with Gasteiger partial charge in [0.15, 0.2) is 0 Å². The number of nitrogen functional groups attached to an aromatic ring is 1. The first-order chi connectivity index (χ1) is 10.1. The second kappa shape index (κ2) is 8.75. The Morgan fingerprint density at radius 3 is 2.86 bits per heavy atom. The SMILES string of the molecule is CCSC1CCCC1NC(=O)c1cc(Cl)c(N)cc1OC.Cl. The standard InChI is InChI=1S/C15H21ClN2O2S.ClH/c1-3-21-14-6-4-5-12(14)18-15(19)9-7-10(16)11(17)8-13(9)20-2;/h7-8,12,14H,3-6,17H2,1-2H3,(H,18,19);1H. The number of amides is 1. The third-order valence-electron chi connectivity index (χ3n) is 3.71. The summed E-state index contributed by atoms with van der Waals surface area (Å²) >= 11 is 7.92. The molecule has 2 atom stereocenters. The van der Waals surface area contributed by atoms with Crippen LogP contribution in [0.4, 0.5) is 5.69 Å². The Labute approximate surface area is 146 Å². The number of halogens is 2. The average molecular weight is 365 g/mol. The van der Waals surface area contributed by atoms with Crippen LogP contribution in [-0.4, -0.2) is 30.1 Å². The van der Waals surface area contributed by atoms with Gasteiger partial charge in [-0.2, -0.15) is 11.8 Å². The van der Waals surface area contributed by atoms with E-state index in [9.17, 15) is 4.79 Å². The molecule has 0 bridgehead atoms. The normalized spacial score (nSPS) is 20.3. The fourth-order valence-corrected chi connectivity index (χ4v) is 4.03. The monoisotopic (exact) mass is 364 g/mol. The summed E-state index contributed by atoms with van der Waals surface area (Å²) in [6.45, 7) is 2.14. The maximum absolute atomic E-state index is 12.5. The van der Waals surface area contributed by atoms with Crippen LogP contribution in [0.1, 0.15) is 36.5 Å². The first-order valence-electron chi connectivity index (χ1n) is 7.12. The number of carbonyl (C=O) groups is 1. The molecule has 7 heteroatoms. The van der Waals surface area contributed by atoms with E-state index in [1.54, 1.807) is 12.1 Å². The van der Waals surface area contributed by atoms with Crippen molar-refractivity contribution in [1.29, 1.82) is 0 Å². The van der Waals surface area contributed by atoms with Crippen LogP contribution >= 0.6 is 35.8 Å². The predicted octanol–water partition coefficient (Wildman–Crippen LogP) is 3.76. The summed E-state index contributed by atoms with van der Waals surface area (Å²) in [4.78, 5) is 12.5. The number of rotatable bonds is 5. The van der Waals surface area contributed by atoms with Gasteiger partial charge < -0.3 is 15.8 Å². The molecule has 124 valence electrons. The summed E-state index contributed by atoms with van der Waals surface area (Å²) < 4.78 is 5.24. The summed E-state index contributed by atoms with van der Waals surface area (Å²) in [6.07, 6.45) is 3.33. The Balaban J connectivity index is 0.00000242. The molecule has 2 rings (SSSR count). The summed E-state index contributed by atoms with van der Waals surface area (Å²) in [6, 6.07) is 3.37. The molecule has 1 aromatic rings. The van der Waals surface area contributed by atoms with Crippen molar-refractivity contribution in [3.05, 3.63) is 22.7 Å². The molecule has 1 aliphatic carbocycles. The molecule has 0 aromatic heterocycles. The zero-order valence-electron chi connectivity index (χ0n) is 12.7. The van der Waals surface area contributed by atoms with E-state index in [-0.39, 0.29) is 24.4 Å². The molecule has 1 aliphatic rings. The highest BCUT2D eigenvalue weighted by Gasteiger charge is 2.29. The molecule has 1 amide bonds. The van der Waals surface area contributed by atoms with Crippen LogP contribution in [0.3, 0.4) is 0 Å². The zero-order chi connectivity index (χ0) is 15.4. The fraction of sp³-hybridized carbons (Fsp3) is 0.533. The minimum atomic E-state index is -0.151. The number of benzene rings is 1. The highest BCUT2D eigenvalue weighted by molar-refractivity contribution is 7.99. The molecule has 3 N–H and O–H groups in total. The van der Waals surface area contributed by atoms with Gasteiger partial charge in [-0.15, -0.1) is 12.4 Å². The molecule has 0 heterocycles. The van der Waals surface area contributed by atoms with Crippen molar-refractivity contribution in [2.45, 2.75) is 37.5 Å². The van der Waals surface area contributed by atoms with Crippen molar-refractivity contribution in [2.75, 3.05) is 18.6 Å². The van der Waals surface area contributed by atoms with E-state index in [4.69, 9.17) is 22.1 Å². The number of thioether (sulfide) groups is 1. The lowest BCUT2D eigenvalue weighted by molar-refractivity contribution is 0.0935. The molecule has 0 saturated heterocycles. The Bertz CT molecular complexity index is 529. The van der Waals surface area contributed by atoms with Crippen molar-refractivity contribution in [1.82, 2.24) is 5.32 Å². The van der Waals surface area contributed by atoms with Crippen LogP contribution in [-0.2, 0) is 0 Å². The lowest BCUT2D eigenvalue weighted by Gasteiger charge is -2.21. The van der Waals surface area contributed by atoms with Gasteiger partial charge >= 0.3 is 0 Å². The van der Waals surface area contributed by atoms with Gasteiger partial charge in [0.25, 0.3) is 5.91 Å². The summed E-state index contributed by atoms with van der Waals surface area (Å²) in [5.74, 6) is 1.36. The van der Waals surface area contributed by atoms with Crippen molar-refractivity contribution in [2.24, 2.45) is 0 Å². The highest BCUT2D eigenvalue weighted by atomic mass is 35.5. The average Bonchev–Trinajstić information content (AvgIpc) is 2.89. The zero-order valence-corrected chi connectivity index (χ0v) is 15.1. The maximum atomic E-state index is 12.5. The van der Waals surface area contributed by atoms with Gasteiger partial charge in [0.2, 0.25) is 0 Å². The lowest BCUT2D eigenvalue weighted by atomic mass is 10.1. The Hall–Kier alpha value is -0.780. The number of anilines is 1. The fourth-order valence-electron chi connectivity index (χ4n) is 2.67. The molecule has 2 unspecified atom stereocenters. The van der Waals surface area contributed by atoms with E-state index < -0.39 is 0 Å². The number of ether oxygens (including phenoxy) is 1.